The minimum absolute atomic E-state index is 0.236. The summed E-state index contributed by atoms with van der Waals surface area (Å²) in [7, 11) is -3.62. The van der Waals surface area contributed by atoms with Crippen LogP contribution in [0.1, 0.15) is 0 Å². The van der Waals surface area contributed by atoms with Gasteiger partial charge in [-0.05, 0) is 77.2 Å². The Morgan fingerprint density at radius 2 is 1.60 bits per heavy atom. The SMILES string of the molecule is O=S(=O)(Nc1ccc2c(c1)Sc1ccccc1O2)c1ccc(I)cc1. The van der Waals surface area contributed by atoms with Crippen LogP contribution in [-0.4, -0.2) is 8.42 Å². The number of anilines is 1. The molecule has 0 amide bonds. The van der Waals surface area contributed by atoms with Gasteiger partial charge in [-0.2, -0.15) is 0 Å². The minimum atomic E-state index is -3.62. The van der Waals surface area contributed by atoms with E-state index in [9.17, 15) is 8.42 Å². The summed E-state index contributed by atoms with van der Waals surface area (Å²) in [4.78, 5) is 2.12. The molecule has 3 aromatic rings. The van der Waals surface area contributed by atoms with E-state index in [0.29, 0.717) is 5.69 Å². The highest BCUT2D eigenvalue weighted by molar-refractivity contribution is 14.1. The maximum absolute atomic E-state index is 12.5. The van der Waals surface area contributed by atoms with Gasteiger partial charge in [0.15, 0.2) is 0 Å². The average molecular weight is 481 g/mol. The lowest BCUT2D eigenvalue weighted by atomic mass is 10.3. The van der Waals surface area contributed by atoms with Crippen molar-refractivity contribution in [1.29, 1.82) is 0 Å². The molecular formula is C18H12INO3S2. The average Bonchev–Trinajstić information content (AvgIpc) is 2.60. The number of sulfonamides is 1. The number of nitrogens with one attached hydrogen (secondary N) is 1. The highest BCUT2D eigenvalue weighted by Gasteiger charge is 2.19. The number of hydrogen-bond acceptors (Lipinski definition) is 4. The van der Waals surface area contributed by atoms with Gasteiger partial charge in [-0.1, -0.05) is 23.9 Å². The standard InChI is InChI=1S/C18H12INO3S2/c19-12-5-8-14(9-6-12)25(21,22)20-13-7-10-16-18(11-13)24-17-4-2-1-3-15(17)23-16/h1-11,20H. The van der Waals surface area contributed by atoms with Crippen LogP contribution >= 0.6 is 34.4 Å². The molecule has 0 saturated heterocycles. The van der Waals surface area contributed by atoms with Gasteiger partial charge in [0.25, 0.3) is 10.0 Å². The third kappa shape index (κ3) is 3.49. The maximum atomic E-state index is 12.5. The lowest BCUT2D eigenvalue weighted by molar-refractivity contribution is 0.454. The van der Waals surface area contributed by atoms with Crippen molar-refractivity contribution in [2.75, 3.05) is 4.72 Å². The summed E-state index contributed by atoms with van der Waals surface area (Å²) in [6.45, 7) is 0. The predicted octanol–water partition coefficient (Wildman–Crippen LogP) is 5.35. The molecule has 0 aliphatic carbocycles. The van der Waals surface area contributed by atoms with Crippen molar-refractivity contribution in [1.82, 2.24) is 0 Å². The maximum Gasteiger partial charge on any atom is 0.261 e. The number of benzene rings is 3. The van der Waals surface area contributed by atoms with Gasteiger partial charge in [-0.3, -0.25) is 4.72 Å². The van der Waals surface area contributed by atoms with Crippen LogP contribution in [0.4, 0.5) is 5.69 Å². The van der Waals surface area contributed by atoms with E-state index in [-0.39, 0.29) is 4.90 Å². The van der Waals surface area contributed by atoms with Gasteiger partial charge in [-0.15, -0.1) is 0 Å². The molecule has 0 bridgehead atoms. The quantitative estimate of drug-likeness (QED) is 0.401. The van der Waals surface area contributed by atoms with Crippen molar-refractivity contribution in [3.63, 3.8) is 0 Å². The first-order valence-electron chi connectivity index (χ1n) is 7.38. The Hall–Kier alpha value is -1.71. The first-order chi connectivity index (χ1) is 12.0. The molecule has 1 N–H and O–H groups in total. The third-order valence-corrected chi connectivity index (χ3v) is 6.82. The summed E-state index contributed by atoms with van der Waals surface area (Å²) in [5.74, 6) is 1.54. The van der Waals surface area contributed by atoms with E-state index >= 15 is 0 Å². The van der Waals surface area contributed by atoms with Crippen LogP contribution in [0.25, 0.3) is 0 Å². The molecule has 4 nitrogen and oxygen atoms in total. The topological polar surface area (TPSA) is 55.4 Å². The molecule has 0 radical (unpaired) electrons. The zero-order valence-electron chi connectivity index (χ0n) is 12.8. The Morgan fingerprint density at radius 1 is 0.880 bits per heavy atom. The summed E-state index contributed by atoms with van der Waals surface area (Å²) in [6, 6.07) is 19.8. The van der Waals surface area contributed by atoms with Gasteiger partial charge in [-0.25, -0.2) is 8.42 Å². The molecule has 3 aromatic carbocycles. The third-order valence-electron chi connectivity index (χ3n) is 3.61. The van der Waals surface area contributed by atoms with E-state index in [1.54, 1.807) is 54.2 Å². The molecule has 0 atom stereocenters. The fourth-order valence-electron chi connectivity index (χ4n) is 2.42. The Labute approximate surface area is 163 Å². The van der Waals surface area contributed by atoms with Gasteiger partial charge in [0.05, 0.1) is 20.4 Å². The van der Waals surface area contributed by atoms with Crippen molar-refractivity contribution in [2.45, 2.75) is 14.7 Å². The summed E-state index contributed by atoms with van der Waals surface area (Å²) in [6.07, 6.45) is 0. The first-order valence-corrected chi connectivity index (χ1v) is 10.8. The molecule has 7 heteroatoms. The van der Waals surface area contributed by atoms with Gasteiger partial charge in [0, 0.05) is 3.57 Å². The second-order valence-electron chi connectivity index (χ2n) is 5.37. The van der Waals surface area contributed by atoms with Crippen LogP contribution in [0.5, 0.6) is 11.5 Å². The second kappa shape index (κ2) is 6.54. The highest BCUT2D eigenvalue weighted by Crippen LogP contribution is 2.47. The summed E-state index contributed by atoms with van der Waals surface area (Å²) in [5.41, 5.74) is 0.507. The van der Waals surface area contributed by atoms with Crippen molar-refractivity contribution in [2.24, 2.45) is 0 Å². The Bertz CT molecular complexity index is 1050. The number of rotatable bonds is 3. The molecule has 0 saturated carbocycles. The highest BCUT2D eigenvalue weighted by atomic mass is 127. The summed E-state index contributed by atoms with van der Waals surface area (Å²) in [5, 5.41) is 0. The molecule has 1 heterocycles. The number of fused-ring (bicyclic) bond motifs is 2. The fraction of sp³-hybridized carbons (Fsp3) is 0. The van der Waals surface area contributed by atoms with Crippen LogP contribution < -0.4 is 9.46 Å². The van der Waals surface area contributed by atoms with Gasteiger partial charge >= 0.3 is 0 Å². The van der Waals surface area contributed by atoms with Crippen molar-refractivity contribution in [3.8, 4) is 11.5 Å². The van der Waals surface area contributed by atoms with Gasteiger partial charge in [0.2, 0.25) is 0 Å². The van der Waals surface area contributed by atoms with Crippen LogP contribution in [-0.2, 0) is 10.0 Å². The number of ether oxygens (including phenoxy) is 1. The molecule has 1 aliphatic heterocycles. The molecule has 4 rings (SSSR count). The van der Waals surface area contributed by atoms with Gasteiger partial charge < -0.3 is 4.74 Å². The number of para-hydroxylation sites is 1. The molecular weight excluding hydrogens is 469 g/mol. The van der Waals surface area contributed by atoms with Crippen LogP contribution in [0.15, 0.2) is 81.4 Å². The molecule has 0 spiro atoms. The van der Waals surface area contributed by atoms with Crippen LogP contribution in [0, 0.1) is 3.57 Å². The number of hydrogen-bond donors (Lipinski definition) is 1. The second-order valence-corrected chi connectivity index (χ2v) is 9.38. The monoisotopic (exact) mass is 481 g/mol. The fourth-order valence-corrected chi connectivity index (χ4v) is 4.82. The van der Waals surface area contributed by atoms with E-state index in [0.717, 1.165) is 24.9 Å². The van der Waals surface area contributed by atoms with Crippen LogP contribution in [0.2, 0.25) is 0 Å². The normalized spacial score (nSPS) is 12.7. The Balaban J connectivity index is 1.62. The lowest BCUT2D eigenvalue weighted by Crippen LogP contribution is -2.13. The van der Waals surface area contributed by atoms with E-state index in [4.69, 9.17) is 4.74 Å². The molecule has 1 aliphatic rings. The number of halogens is 1. The summed E-state index contributed by atoms with van der Waals surface area (Å²) >= 11 is 3.70. The summed E-state index contributed by atoms with van der Waals surface area (Å²) < 4.78 is 34.5. The Kier molecular flexibility index (Phi) is 4.38. The zero-order valence-corrected chi connectivity index (χ0v) is 16.6. The van der Waals surface area contributed by atoms with Crippen molar-refractivity contribution < 1.29 is 13.2 Å². The van der Waals surface area contributed by atoms with E-state index in [2.05, 4.69) is 27.3 Å². The minimum Gasteiger partial charge on any atom is -0.455 e. The molecule has 126 valence electrons. The largest absolute Gasteiger partial charge is 0.455 e. The van der Waals surface area contributed by atoms with Crippen molar-refractivity contribution in [3.05, 3.63) is 70.3 Å². The van der Waals surface area contributed by atoms with Crippen LogP contribution in [0.3, 0.4) is 0 Å². The van der Waals surface area contributed by atoms with Crippen molar-refractivity contribution >= 4 is 50.1 Å². The molecule has 25 heavy (non-hydrogen) atoms. The van der Waals surface area contributed by atoms with E-state index < -0.39 is 10.0 Å². The smallest absolute Gasteiger partial charge is 0.261 e. The lowest BCUT2D eigenvalue weighted by Gasteiger charge is -2.20. The van der Waals surface area contributed by atoms with E-state index in [1.807, 2.05) is 24.3 Å². The Morgan fingerprint density at radius 3 is 2.40 bits per heavy atom. The molecule has 0 unspecified atom stereocenters. The molecule has 0 fully saturated rings. The zero-order chi connectivity index (χ0) is 17.4. The van der Waals surface area contributed by atoms with Gasteiger partial charge in [0.1, 0.15) is 11.5 Å². The first kappa shape index (κ1) is 16.7. The predicted molar refractivity (Wildman–Crippen MR) is 107 cm³/mol. The molecule has 0 aromatic heterocycles. The van der Waals surface area contributed by atoms with E-state index in [1.165, 1.54) is 0 Å².